The van der Waals surface area contributed by atoms with Crippen molar-refractivity contribution >= 4 is 10.0 Å². The highest BCUT2D eigenvalue weighted by molar-refractivity contribution is 7.89. The summed E-state index contributed by atoms with van der Waals surface area (Å²) in [5, 5.41) is 3.58. The summed E-state index contributed by atoms with van der Waals surface area (Å²) in [4.78, 5) is 4.08. The van der Waals surface area contributed by atoms with Gasteiger partial charge in [-0.1, -0.05) is 23.4 Å². The summed E-state index contributed by atoms with van der Waals surface area (Å²) in [6, 6.07) is 6.56. The molecule has 0 spiro atoms. The summed E-state index contributed by atoms with van der Waals surface area (Å²) in [6.07, 6.45) is 0. The van der Waals surface area contributed by atoms with Gasteiger partial charge in [-0.2, -0.15) is 4.98 Å². The Balaban J connectivity index is 2.18. The molecule has 19 heavy (non-hydrogen) atoms. The standard InChI is InChI=1S/C11H14N4O3S/c1-8-14-11(18-15-8)7-13-19(16,17)10-5-3-2-4-9(10)6-12/h2-5,13H,6-7,12H2,1H3. The van der Waals surface area contributed by atoms with Gasteiger partial charge in [0.2, 0.25) is 15.9 Å². The lowest BCUT2D eigenvalue weighted by Gasteiger charge is -2.08. The second kappa shape index (κ2) is 5.47. The quantitative estimate of drug-likeness (QED) is 0.816. The molecule has 0 atom stereocenters. The molecule has 3 N–H and O–H groups in total. The molecule has 0 aliphatic rings. The Bertz CT molecular complexity index is 666. The molecule has 7 nitrogen and oxygen atoms in total. The third-order valence-electron chi connectivity index (χ3n) is 2.47. The Morgan fingerprint density at radius 1 is 1.37 bits per heavy atom. The maximum absolute atomic E-state index is 12.1. The van der Waals surface area contributed by atoms with Gasteiger partial charge in [0.25, 0.3) is 0 Å². The Kier molecular flexibility index (Phi) is 3.93. The maximum Gasteiger partial charge on any atom is 0.241 e. The number of nitrogens with zero attached hydrogens (tertiary/aromatic N) is 2. The summed E-state index contributed by atoms with van der Waals surface area (Å²) in [6.45, 7) is 1.75. The molecule has 1 heterocycles. The van der Waals surface area contributed by atoms with Gasteiger partial charge in [-0.05, 0) is 18.6 Å². The van der Waals surface area contributed by atoms with Crippen LogP contribution in [0.1, 0.15) is 17.3 Å². The van der Waals surface area contributed by atoms with Gasteiger partial charge in [-0.25, -0.2) is 13.1 Å². The first-order valence-corrected chi connectivity index (χ1v) is 7.08. The van der Waals surface area contributed by atoms with Crippen molar-refractivity contribution in [1.82, 2.24) is 14.9 Å². The number of rotatable bonds is 5. The van der Waals surface area contributed by atoms with Crippen LogP contribution in [-0.4, -0.2) is 18.6 Å². The molecule has 0 bridgehead atoms. The fraction of sp³-hybridized carbons (Fsp3) is 0.273. The van der Waals surface area contributed by atoms with Gasteiger partial charge in [-0.3, -0.25) is 0 Å². The van der Waals surface area contributed by atoms with E-state index in [-0.39, 0.29) is 23.9 Å². The van der Waals surface area contributed by atoms with E-state index >= 15 is 0 Å². The largest absolute Gasteiger partial charge is 0.338 e. The molecule has 0 saturated carbocycles. The lowest BCUT2D eigenvalue weighted by Crippen LogP contribution is -2.25. The molecule has 0 saturated heterocycles. The Morgan fingerprint density at radius 3 is 2.74 bits per heavy atom. The molecule has 8 heteroatoms. The van der Waals surface area contributed by atoms with Gasteiger partial charge < -0.3 is 10.3 Å². The highest BCUT2D eigenvalue weighted by Crippen LogP contribution is 2.14. The molecular formula is C11H14N4O3S. The molecule has 1 aromatic carbocycles. The first-order valence-electron chi connectivity index (χ1n) is 5.60. The first-order chi connectivity index (χ1) is 9.03. The molecule has 0 amide bonds. The predicted octanol–water partition coefficient (Wildman–Crippen LogP) is 0.315. The average molecular weight is 282 g/mol. The van der Waals surface area contributed by atoms with Crippen molar-refractivity contribution in [3.8, 4) is 0 Å². The molecule has 0 radical (unpaired) electrons. The average Bonchev–Trinajstić information content (AvgIpc) is 2.82. The fourth-order valence-corrected chi connectivity index (χ4v) is 2.80. The van der Waals surface area contributed by atoms with Crippen LogP contribution in [0.15, 0.2) is 33.7 Å². The Hall–Kier alpha value is -1.77. The number of aryl methyl sites for hydroxylation is 1. The van der Waals surface area contributed by atoms with E-state index < -0.39 is 10.0 Å². The van der Waals surface area contributed by atoms with E-state index in [0.717, 1.165) is 0 Å². The number of nitrogens with one attached hydrogen (secondary N) is 1. The molecule has 0 unspecified atom stereocenters. The summed E-state index contributed by atoms with van der Waals surface area (Å²) in [5.74, 6) is 0.669. The number of benzene rings is 1. The Morgan fingerprint density at radius 2 is 2.11 bits per heavy atom. The highest BCUT2D eigenvalue weighted by atomic mass is 32.2. The maximum atomic E-state index is 12.1. The van der Waals surface area contributed by atoms with E-state index in [1.807, 2.05) is 0 Å². The third kappa shape index (κ3) is 3.16. The van der Waals surface area contributed by atoms with Gasteiger partial charge in [0.1, 0.15) is 0 Å². The van der Waals surface area contributed by atoms with Gasteiger partial charge >= 0.3 is 0 Å². The first kappa shape index (κ1) is 13.7. The summed E-state index contributed by atoms with van der Waals surface area (Å²) in [5.41, 5.74) is 6.08. The zero-order chi connectivity index (χ0) is 13.9. The second-order valence-corrected chi connectivity index (χ2v) is 5.61. The minimum Gasteiger partial charge on any atom is -0.338 e. The van der Waals surface area contributed by atoms with E-state index in [1.165, 1.54) is 6.07 Å². The second-order valence-electron chi connectivity index (χ2n) is 3.87. The zero-order valence-electron chi connectivity index (χ0n) is 10.3. The molecule has 2 aromatic rings. The minimum atomic E-state index is -3.65. The van der Waals surface area contributed by atoms with Crippen LogP contribution >= 0.6 is 0 Å². The SMILES string of the molecule is Cc1noc(CNS(=O)(=O)c2ccccc2CN)n1. The van der Waals surface area contributed by atoms with Crippen LogP contribution in [0.4, 0.5) is 0 Å². The highest BCUT2D eigenvalue weighted by Gasteiger charge is 2.18. The van der Waals surface area contributed by atoms with Crippen LogP contribution in [0.5, 0.6) is 0 Å². The Labute approximate surface area is 110 Å². The lowest BCUT2D eigenvalue weighted by atomic mass is 10.2. The van der Waals surface area contributed by atoms with Crippen LogP contribution < -0.4 is 10.5 Å². The number of hydrogen-bond acceptors (Lipinski definition) is 6. The number of aromatic nitrogens is 2. The van der Waals surface area contributed by atoms with E-state index in [9.17, 15) is 8.42 Å². The number of nitrogens with two attached hydrogens (primary N) is 1. The predicted molar refractivity (Wildman–Crippen MR) is 67.4 cm³/mol. The molecule has 102 valence electrons. The molecule has 0 aliphatic carbocycles. The van der Waals surface area contributed by atoms with Gasteiger partial charge in [0.05, 0.1) is 11.4 Å². The third-order valence-corrected chi connectivity index (χ3v) is 3.97. The van der Waals surface area contributed by atoms with Crippen LogP contribution in [0, 0.1) is 6.92 Å². The van der Waals surface area contributed by atoms with Crippen LogP contribution in [0.2, 0.25) is 0 Å². The summed E-state index contributed by atoms with van der Waals surface area (Å²) >= 11 is 0. The summed E-state index contributed by atoms with van der Waals surface area (Å²) in [7, 11) is -3.65. The van der Waals surface area contributed by atoms with Crippen LogP contribution in [-0.2, 0) is 23.1 Å². The molecule has 1 aromatic heterocycles. The van der Waals surface area contributed by atoms with Crippen molar-refractivity contribution in [3.05, 3.63) is 41.5 Å². The van der Waals surface area contributed by atoms with E-state index in [2.05, 4.69) is 14.9 Å². The topological polar surface area (TPSA) is 111 Å². The summed E-state index contributed by atoms with van der Waals surface area (Å²) < 4.78 is 31.5. The van der Waals surface area contributed by atoms with Crippen LogP contribution in [0.3, 0.4) is 0 Å². The number of hydrogen-bond donors (Lipinski definition) is 2. The van der Waals surface area contributed by atoms with Crippen molar-refractivity contribution in [2.75, 3.05) is 0 Å². The van der Waals surface area contributed by atoms with Crippen molar-refractivity contribution in [2.45, 2.75) is 24.9 Å². The van der Waals surface area contributed by atoms with E-state index in [4.69, 9.17) is 10.3 Å². The van der Waals surface area contributed by atoms with Gasteiger partial charge in [0.15, 0.2) is 5.82 Å². The molecule has 0 aliphatic heterocycles. The lowest BCUT2D eigenvalue weighted by molar-refractivity contribution is 0.372. The van der Waals surface area contributed by atoms with Crippen molar-refractivity contribution in [1.29, 1.82) is 0 Å². The zero-order valence-corrected chi connectivity index (χ0v) is 11.1. The van der Waals surface area contributed by atoms with Crippen LogP contribution in [0.25, 0.3) is 0 Å². The van der Waals surface area contributed by atoms with E-state index in [0.29, 0.717) is 11.4 Å². The monoisotopic (exact) mass is 282 g/mol. The van der Waals surface area contributed by atoms with E-state index in [1.54, 1.807) is 25.1 Å². The van der Waals surface area contributed by atoms with Crippen molar-refractivity contribution < 1.29 is 12.9 Å². The normalized spacial score (nSPS) is 11.7. The molecule has 0 fully saturated rings. The minimum absolute atomic E-state index is 0.0535. The fourth-order valence-electron chi connectivity index (χ4n) is 1.58. The van der Waals surface area contributed by atoms with Gasteiger partial charge in [-0.15, -0.1) is 0 Å². The van der Waals surface area contributed by atoms with Crippen molar-refractivity contribution in [2.24, 2.45) is 5.73 Å². The molecular weight excluding hydrogens is 268 g/mol. The molecule has 2 rings (SSSR count). The number of sulfonamides is 1. The van der Waals surface area contributed by atoms with Gasteiger partial charge in [0, 0.05) is 6.54 Å². The van der Waals surface area contributed by atoms with Crippen molar-refractivity contribution in [3.63, 3.8) is 0 Å². The smallest absolute Gasteiger partial charge is 0.241 e.